The summed E-state index contributed by atoms with van der Waals surface area (Å²) in [5.41, 5.74) is 0.223. The van der Waals surface area contributed by atoms with Crippen LogP contribution in [0.5, 0.6) is 5.75 Å². The van der Waals surface area contributed by atoms with E-state index in [1.54, 1.807) is 19.2 Å². The van der Waals surface area contributed by atoms with Crippen molar-refractivity contribution in [1.82, 2.24) is 0 Å². The molecule has 0 atom stereocenters. The van der Waals surface area contributed by atoms with Crippen LogP contribution in [0.25, 0.3) is 0 Å². The number of phenolic OH excluding ortho intramolecular Hbond substituents is 1. The second-order valence-electron chi connectivity index (χ2n) is 3.66. The van der Waals surface area contributed by atoms with Gasteiger partial charge >= 0.3 is 5.69 Å². The summed E-state index contributed by atoms with van der Waals surface area (Å²) in [6.45, 7) is 1.29. The predicted molar refractivity (Wildman–Crippen MR) is 57.8 cm³/mol. The fourth-order valence-corrected chi connectivity index (χ4v) is 1.71. The number of phenols is 1. The highest BCUT2D eigenvalue weighted by atomic mass is 16.6. The van der Waals surface area contributed by atoms with Crippen LogP contribution in [0, 0.1) is 10.1 Å². The molecular formula is C10H12N2O4. The third kappa shape index (κ3) is 1.67. The van der Waals surface area contributed by atoms with Gasteiger partial charge in [-0.3, -0.25) is 10.1 Å². The molecule has 0 bridgehead atoms. The minimum atomic E-state index is -0.591. The number of hydrogen-bond acceptors (Lipinski definition) is 5. The van der Waals surface area contributed by atoms with E-state index < -0.39 is 4.92 Å². The van der Waals surface area contributed by atoms with Gasteiger partial charge in [-0.1, -0.05) is 6.07 Å². The second kappa shape index (κ2) is 3.97. The number of methoxy groups -OCH3 is 1. The van der Waals surface area contributed by atoms with Crippen LogP contribution in [-0.4, -0.2) is 36.3 Å². The molecule has 1 aromatic carbocycles. The van der Waals surface area contributed by atoms with Crippen molar-refractivity contribution in [3.8, 4) is 5.75 Å². The summed E-state index contributed by atoms with van der Waals surface area (Å²) in [5.74, 6) is -0.276. The third-order valence-electron chi connectivity index (χ3n) is 2.71. The minimum absolute atomic E-state index is 0.138. The first-order valence-electron chi connectivity index (χ1n) is 4.87. The van der Waals surface area contributed by atoms with E-state index >= 15 is 0 Å². The Balaban J connectivity index is 2.23. The topological polar surface area (TPSA) is 75.8 Å². The maximum absolute atomic E-state index is 10.6. The molecule has 0 spiro atoms. The molecule has 16 heavy (non-hydrogen) atoms. The standard InChI is InChI=1S/C10H12N2O4/c1-16-7-5-11(6-7)8-3-2-4-9(10(8)13)12(14)15/h2-4,7,13H,5-6H2,1H3. The maximum atomic E-state index is 10.6. The van der Waals surface area contributed by atoms with Crippen molar-refractivity contribution < 1.29 is 14.8 Å². The highest BCUT2D eigenvalue weighted by Crippen LogP contribution is 2.37. The molecule has 0 saturated carbocycles. The number of nitro benzene ring substituents is 1. The molecular weight excluding hydrogens is 212 g/mol. The van der Waals surface area contributed by atoms with Gasteiger partial charge < -0.3 is 14.7 Å². The molecule has 0 aliphatic carbocycles. The van der Waals surface area contributed by atoms with Gasteiger partial charge in [0.15, 0.2) is 0 Å². The molecule has 0 unspecified atom stereocenters. The molecule has 0 aromatic heterocycles. The quantitative estimate of drug-likeness (QED) is 0.615. The van der Waals surface area contributed by atoms with Crippen molar-refractivity contribution in [3.63, 3.8) is 0 Å². The van der Waals surface area contributed by atoms with E-state index in [9.17, 15) is 15.2 Å². The van der Waals surface area contributed by atoms with Crippen molar-refractivity contribution in [1.29, 1.82) is 0 Å². The van der Waals surface area contributed by atoms with E-state index in [0.717, 1.165) is 0 Å². The fourth-order valence-electron chi connectivity index (χ4n) is 1.71. The molecule has 0 radical (unpaired) electrons. The molecule has 1 fully saturated rings. The Kier molecular flexibility index (Phi) is 2.66. The first-order valence-corrected chi connectivity index (χ1v) is 4.87. The van der Waals surface area contributed by atoms with Gasteiger partial charge in [0, 0.05) is 26.3 Å². The molecule has 6 nitrogen and oxygen atoms in total. The lowest BCUT2D eigenvalue weighted by Gasteiger charge is -2.39. The molecule has 1 heterocycles. The van der Waals surface area contributed by atoms with Gasteiger partial charge in [0.25, 0.3) is 0 Å². The lowest BCUT2D eigenvalue weighted by Crippen LogP contribution is -2.51. The number of benzene rings is 1. The van der Waals surface area contributed by atoms with Crippen LogP contribution >= 0.6 is 0 Å². The number of anilines is 1. The second-order valence-corrected chi connectivity index (χ2v) is 3.66. The Morgan fingerprint density at radius 2 is 2.25 bits per heavy atom. The number of nitro groups is 1. The van der Waals surface area contributed by atoms with Crippen molar-refractivity contribution in [2.45, 2.75) is 6.10 Å². The first-order chi connectivity index (χ1) is 7.63. The highest BCUT2D eigenvalue weighted by molar-refractivity contribution is 5.67. The van der Waals surface area contributed by atoms with Gasteiger partial charge in [0.2, 0.25) is 5.75 Å². The monoisotopic (exact) mass is 224 g/mol. The summed E-state index contributed by atoms with van der Waals surface area (Å²) >= 11 is 0. The average molecular weight is 224 g/mol. The van der Waals surface area contributed by atoms with E-state index in [0.29, 0.717) is 18.8 Å². The number of aromatic hydroxyl groups is 1. The summed E-state index contributed by atoms with van der Waals surface area (Å²) in [7, 11) is 1.62. The third-order valence-corrected chi connectivity index (χ3v) is 2.71. The average Bonchev–Trinajstić information content (AvgIpc) is 2.18. The van der Waals surface area contributed by atoms with Crippen molar-refractivity contribution in [2.75, 3.05) is 25.1 Å². The van der Waals surface area contributed by atoms with E-state index in [2.05, 4.69) is 0 Å². The van der Waals surface area contributed by atoms with E-state index in [1.165, 1.54) is 6.07 Å². The van der Waals surface area contributed by atoms with Crippen molar-refractivity contribution in [2.24, 2.45) is 0 Å². The van der Waals surface area contributed by atoms with Crippen LogP contribution < -0.4 is 4.90 Å². The summed E-state index contributed by atoms with van der Waals surface area (Å²) < 4.78 is 5.10. The first kappa shape index (κ1) is 10.7. The van der Waals surface area contributed by atoms with Crippen LogP contribution in [0.4, 0.5) is 11.4 Å². The van der Waals surface area contributed by atoms with Gasteiger partial charge in [-0.05, 0) is 6.07 Å². The van der Waals surface area contributed by atoms with Crippen molar-refractivity contribution >= 4 is 11.4 Å². The van der Waals surface area contributed by atoms with Gasteiger partial charge in [0.05, 0.1) is 16.7 Å². The van der Waals surface area contributed by atoms with Crippen LogP contribution in [-0.2, 0) is 4.74 Å². The Hall–Kier alpha value is -1.82. The smallest absolute Gasteiger partial charge is 0.312 e. The number of rotatable bonds is 3. The number of ether oxygens (including phenoxy) is 1. The van der Waals surface area contributed by atoms with E-state index in [4.69, 9.17) is 4.74 Å². The summed E-state index contributed by atoms with van der Waals surface area (Å²) in [4.78, 5) is 11.9. The predicted octanol–water partition coefficient (Wildman–Crippen LogP) is 1.14. The Morgan fingerprint density at radius 1 is 1.56 bits per heavy atom. The SMILES string of the molecule is COC1CN(c2cccc([N+](=O)[O-])c2O)C1. The Morgan fingerprint density at radius 3 is 2.81 bits per heavy atom. The van der Waals surface area contributed by atoms with E-state index in [1.807, 2.05) is 4.90 Å². The molecule has 6 heteroatoms. The Labute approximate surface area is 92.2 Å². The molecule has 0 amide bonds. The number of nitrogens with zero attached hydrogens (tertiary/aromatic N) is 2. The van der Waals surface area contributed by atoms with Crippen LogP contribution in [0.15, 0.2) is 18.2 Å². The van der Waals surface area contributed by atoms with Gasteiger partial charge in [-0.2, -0.15) is 0 Å². The van der Waals surface area contributed by atoms with Gasteiger partial charge in [-0.25, -0.2) is 0 Å². The molecule has 1 aromatic rings. The summed E-state index contributed by atoms with van der Waals surface area (Å²) in [5, 5.41) is 20.4. The molecule has 86 valence electrons. The normalized spacial score (nSPS) is 15.9. The highest BCUT2D eigenvalue weighted by Gasteiger charge is 2.30. The van der Waals surface area contributed by atoms with E-state index in [-0.39, 0.29) is 17.5 Å². The van der Waals surface area contributed by atoms with Gasteiger partial charge in [0.1, 0.15) is 0 Å². The van der Waals surface area contributed by atoms with Crippen LogP contribution in [0.2, 0.25) is 0 Å². The largest absolute Gasteiger partial charge is 0.501 e. The lowest BCUT2D eigenvalue weighted by molar-refractivity contribution is -0.385. The minimum Gasteiger partial charge on any atom is -0.501 e. The zero-order valence-electron chi connectivity index (χ0n) is 8.79. The van der Waals surface area contributed by atoms with Gasteiger partial charge in [-0.15, -0.1) is 0 Å². The fraction of sp³-hybridized carbons (Fsp3) is 0.400. The molecule has 1 N–H and O–H groups in total. The molecule has 1 aliphatic heterocycles. The van der Waals surface area contributed by atoms with Crippen molar-refractivity contribution in [3.05, 3.63) is 28.3 Å². The number of para-hydroxylation sites is 1. The summed E-state index contributed by atoms with van der Waals surface area (Å²) in [6, 6.07) is 4.51. The maximum Gasteiger partial charge on any atom is 0.312 e. The molecule has 2 rings (SSSR count). The summed E-state index contributed by atoms with van der Waals surface area (Å²) in [6.07, 6.45) is 0.138. The molecule has 1 aliphatic rings. The lowest BCUT2D eigenvalue weighted by atomic mass is 10.1. The zero-order chi connectivity index (χ0) is 11.7. The molecule has 1 saturated heterocycles. The van der Waals surface area contributed by atoms with Crippen LogP contribution in [0.3, 0.4) is 0 Å². The Bertz CT molecular complexity index is 415. The van der Waals surface area contributed by atoms with Crippen LogP contribution in [0.1, 0.15) is 0 Å². The zero-order valence-corrected chi connectivity index (χ0v) is 8.79. The number of hydrogen-bond donors (Lipinski definition) is 1.